The Morgan fingerprint density at radius 2 is 0.600 bits per heavy atom. The summed E-state index contributed by atoms with van der Waals surface area (Å²) in [5, 5.41) is 0. The van der Waals surface area contributed by atoms with Crippen molar-refractivity contribution in [3.05, 3.63) is 0 Å². The molecule has 1 radical (unpaired) electrons. The molecule has 0 bridgehead atoms. The Balaban J connectivity index is 0. The molecule has 0 aliphatic heterocycles. The van der Waals surface area contributed by atoms with E-state index in [4.69, 9.17) is 0 Å². The van der Waals surface area contributed by atoms with E-state index in [0.717, 1.165) is 0 Å². The fourth-order valence-electron chi connectivity index (χ4n) is 0. The second-order valence-electron chi connectivity index (χ2n) is 0. The quantitative estimate of drug-likeness (QED) is 0.515. The van der Waals surface area contributed by atoms with Crippen molar-refractivity contribution in [3.8, 4) is 0 Å². The molecule has 5 heavy (non-hydrogen) atoms. The Morgan fingerprint density at radius 1 is 0.600 bits per heavy atom. The minimum Gasteiger partial charge on any atom is -2.00 e. The van der Waals surface area contributed by atoms with Crippen LogP contribution in [0.15, 0.2) is 0 Å². The molecule has 25 valence electrons. The molecular formula is GaNdO3. The van der Waals surface area contributed by atoms with Crippen molar-refractivity contribution in [2.75, 3.05) is 0 Å². The van der Waals surface area contributed by atoms with Crippen LogP contribution in [0.25, 0.3) is 0 Å². The third-order valence-electron chi connectivity index (χ3n) is 0. The molecule has 0 spiro atoms. The van der Waals surface area contributed by atoms with E-state index in [9.17, 15) is 0 Å². The van der Waals surface area contributed by atoms with Crippen LogP contribution >= 0.6 is 0 Å². The van der Waals surface area contributed by atoms with Gasteiger partial charge in [0.2, 0.25) is 0 Å². The van der Waals surface area contributed by atoms with E-state index in [-0.39, 0.29) is 77.1 Å². The topological polar surface area (TPSA) is 85.5 Å². The van der Waals surface area contributed by atoms with Gasteiger partial charge in [0.05, 0.1) is 0 Å². The summed E-state index contributed by atoms with van der Waals surface area (Å²) < 4.78 is 0. The van der Waals surface area contributed by atoms with Gasteiger partial charge >= 0.3 is 60.6 Å². The maximum atomic E-state index is 0. The van der Waals surface area contributed by atoms with E-state index in [1.165, 1.54) is 0 Å². The van der Waals surface area contributed by atoms with E-state index in [2.05, 4.69) is 0 Å². The van der Waals surface area contributed by atoms with Crippen LogP contribution < -0.4 is 0 Å². The summed E-state index contributed by atoms with van der Waals surface area (Å²) in [6, 6.07) is 0. The second kappa shape index (κ2) is 39.9. The molecule has 0 unspecified atom stereocenters. The van der Waals surface area contributed by atoms with Crippen molar-refractivity contribution in [1.82, 2.24) is 0 Å². The summed E-state index contributed by atoms with van der Waals surface area (Å²) in [5.74, 6) is 0. The van der Waals surface area contributed by atoms with Crippen molar-refractivity contribution >= 4 is 19.8 Å². The van der Waals surface area contributed by atoms with Gasteiger partial charge in [-0.3, -0.25) is 0 Å². The van der Waals surface area contributed by atoms with E-state index < -0.39 is 0 Å². The molecule has 0 saturated carbocycles. The summed E-state index contributed by atoms with van der Waals surface area (Å²) >= 11 is 0. The molecule has 0 aromatic rings. The van der Waals surface area contributed by atoms with Crippen LogP contribution in [0.3, 0.4) is 0 Å². The Hall–Kier alpha value is 1.87. The molecule has 0 saturated heterocycles. The molecule has 5 heteroatoms. The van der Waals surface area contributed by atoms with Gasteiger partial charge in [-0.15, -0.1) is 0 Å². The summed E-state index contributed by atoms with van der Waals surface area (Å²) in [4.78, 5) is 0. The zero-order chi connectivity index (χ0) is 0. The van der Waals surface area contributed by atoms with Crippen LogP contribution in [0.2, 0.25) is 0 Å². The molecule has 0 heterocycles. The first-order valence-electron chi connectivity index (χ1n) is 0. The Bertz CT molecular complexity index is 6.85. The maximum Gasteiger partial charge on any atom is 3.00 e. The Kier molecular flexibility index (Phi) is 541. The Morgan fingerprint density at radius 3 is 0.600 bits per heavy atom. The van der Waals surface area contributed by atoms with Crippen LogP contribution in [0.1, 0.15) is 0 Å². The molecule has 3 nitrogen and oxygen atoms in total. The molecule has 0 fully saturated rings. The monoisotopic (exact) mass is 259 g/mol. The number of hydrogen-bond acceptors (Lipinski definition) is 0. The van der Waals surface area contributed by atoms with Gasteiger partial charge in [0.15, 0.2) is 0 Å². The van der Waals surface area contributed by atoms with Crippen molar-refractivity contribution in [3.63, 3.8) is 0 Å². The normalized spacial score (nSPS) is 0. The molecule has 0 aliphatic rings. The first kappa shape index (κ1) is 67.8. The summed E-state index contributed by atoms with van der Waals surface area (Å²) in [5.41, 5.74) is 0. The average molecular weight is 262 g/mol. The average Bonchev–Trinajstić information content (AvgIpc) is 0. The summed E-state index contributed by atoms with van der Waals surface area (Å²) in [6.45, 7) is 0. The standard InChI is InChI=1S/Ga.Nd.3O/q2*+3;3*-2. The predicted octanol–water partition coefficient (Wildman–Crippen LogP) is -0.737. The smallest absolute Gasteiger partial charge is 2.00 e. The summed E-state index contributed by atoms with van der Waals surface area (Å²) in [7, 11) is 0. The third kappa shape index (κ3) is 25.2. The summed E-state index contributed by atoms with van der Waals surface area (Å²) in [6.07, 6.45) is 0. The van der Waals surface area contributed by atoms with Crippen molar-refractivity contribution in [1.29, 1.82) is 0 Å². The maximum absolute atomic E-state index is 0. The minimum atomic E-state index is 0. The van der Waals surface area contributed by atoms with Crippen LogP contribution in [0, 0.1) is 40.8 Å². The third-order valence-corrected chi connectivity index (χ3v) is 0. The van der Waals surface area contributed by atoms with Gasteiger partial charge in [0.25, 0.3) is 0 Å². The van der Waals surface area contributed by atoms with Crippen LogP contribution in [-0.2, 0) is 16.4 Å². The van der Waals surface area contributed by atoms with Crippen molar-refractivity contribution in [2.24, 2.45) is 0 Å². The van der Waals surface area contributed by atoms with Gasteiger partial charge in [0.1, 0.15) is 0 Å². The molecule has 0 rings (SSSR count). The molecule has 0 aromatic carbocycles. The molecule has 0 aromatic heterocycles. The van der Waals surface area contributed by atoms with Crippen LogP contribution in [0.4, 0.5) is 0 Å². The van der Waals surface area contributed by atoms with Gasteiger partial charge < -0.3 is 16.4 Å². The molecule has 0 amide bonds. The van der Waals surface area contributed by atoms with Crippen LogP contribution in [-0.4, -0.2) is 19.8 Å². The zero-order valence-electron chi connectivity index (χ0n) is 2.30. The zero-order valence-corrected chi connectivity index (χ0v) is 7.93. The SMILES string of the molecule is [Ga+3].[Nd+3].[O-2].[O-2].[O-2]. The van der Waals surface area contributed by atoms with Gasteiger partial charge in [-0.05, 0) is 0 Å². The van der Waals surface area contributed by atoms with Crippen molar-refractivity contribution in [2.45, 2.75) is 0 Å². The number of rotatable bonds is 0. The van der Waals surface area contributed by atoms with E-state index >= 15 is 0 Å². The molecule has 0 aliphatic carbocycles. The van der Waals surface area contributed by atoms with Crippen LogP contribution in [0.5, 0.6) is 0 Å². The van der Waals surface area contributed by atoms with Gasteiger partial charge in [-0.25, -0.2) is 0 Å². The van der Waals surface area contributed by atoms with Crippen molar-refractivity contribution < 1.29 is 57.3 Å². The predicted molar refractivity (Wildman–Crippen MR) is 7.81 cm³/mol. The second-order valence-corrected chi connectivity index (χ2v) is 0. The largest absolute Gasteiger partial charge is 3.00 e. The molecular weight excluding hydrogens is 262 g/mol. The fraction of sp³-hybridized carbons (Fsp3) is 0. The van der Waals surface area contributed by atoms with E-state index in [1.54, 1.807) is 0 Å². The molecule has 0 N–H and O–H groups in total. The van der Waals surface area contributed by atoms with E-state index in [0.29, 0.717) is 0 Å². The van der Waals surface area contributed by atoms with E-state index in [1.807, 2.05) is 0 Å². The number of hydrogen-bond donors (Lipinski definition) is 0. The van der Waals surface area contributed by atoms with Gasteiger partial charge in [0, 0.05) is 0 Å². The fourth-order valence-corrected chi connectivity index (χ4v) is 0. The molecule has 0 atom stereocenters. The van der Waals surface area contributed by atoms with Gasteiger partial charge in [-0.1, -0.05) is 0 Å². The first-order valence-corrected chi connectivity index (χ1v) is 0. The Labute approximate surface area is 76.0 Å². The minimum absolute atomic E-state index is 0. The van der Waals surface area contributed by atoms with Gasteiger partial charge in [-0.2, -0.15) is 0 Å². The first-order chi connectivity index (χ1) is 0.